The number of benzene rings is 1. The summed E-state index contributed by atoms with van der Waals surface area (Å²) >= 11 is 0. The van der Waals surface area contributed by atoms with E-state index in [2.05, 4.69) is 10.1 Å². The molecule has 0 saturated heterocycles. The number of hydrogen-bond donors (Lipinski definition) is 0. The molecule has 1 aliphatic carbocycles. The molecule has 0 bridgehead atoms. The van der Waals surface area contributed by atoms with Crippen LogP contribution in [0.2, 0.25) is 0 Å². The molecule has 1 aromatic carbocycles. The first kappa shape index (κ1) is 15.7. The Morgan fingerprint density at radius 2 is 2.00 bits per heavy atom. The topological polar surface area (TPSA) is 46.3 Å². The second kappa shape index (κ2) is 6.41. The maximum absolute atomic E-state index is 12.7. The number of nitrogens with zero attached hydrogens (tertiary/aromatic N) is 2. The molecule has 0 aliphatic heterocycles. The van der Waals surface area contributed by atoms with Crippen LogP contribution < -0.4 is 0 Å². The molecular weight excluding hydrogens is 288 g/mol. The summed E-state index contributed by atoms with van der Waals surface area (Å²) in [5.41, 5.74) is 2.32. The molecule has 4 nitrogen and oxygen atoms in total. The molecule has 1 atom stereocenters. The van der Waals surface area contributed by atoms with Crippen LogP contribution in [0.5, 0.6) is 0 Å². The van der Waals surface area contributed by atoms with Gasteiger partial charge in [-0.05, 0) is 20.5 Å². The minimum Gasteiger partial charge on any atom is -0.360 e. The molecule has 0 N–H and O–H groups in total. The Morgan fingerprint density at radius 3 is 2.67 bits per heavy atom. The Labute approximate surface area is 130 Å². The van der Waals surface area contributed by atoms with E-state index < -0.39 is 0 Å². The largest absolute Gasteiger partial charge is 0.360 e. The third-order valence-corrected chi connectivity index (χ3v) is 3.73. The fourth-order valence-corrected chi connectivity index (χ4v) is 2.80. The van der Waals surface area contributed by atoms with E-state index in [1.54, 1.807) is 0 Å². The van der Waals surface area contributed by atoms with Gasteiger partial charge in [0.2, 0.25) is 0 Å². The van der Waals surface area contributed by atoms with Crippen molar-refractivity contribution < 1.29 is 9.32 Å². The molecule has 0 fully saturated rings. The highest BCUT2D eigenvalue weighted by Crippen LogP contribution is 2.33. The maximum Gasteiger partial charge on any atom is 0.173 e. The summed E-state index contributed by atoms with van der Waals surface area (Å²) in [6.07, 6.45) is 1.63. The van der Waals surface area contributed by atoms with Gasteiger partial charge in [-0.3, -0.25) is 4.79 Å². The van der Waals surface area contributed by atoms with Crippen LogP contribution in [0.1, 0.15) is 22.5 Å². The summed E-state index contributed by atoms with van der Waals surface area (Å²) in [4.78, 5) is 14.7. The third-order valence-electron chi connectivity index (χ3n) is 3.73. The number of carbonyl (C=O) groups is 1. The molecule has 5 heteroatoms. The van der Waals surface area contributed by atoms with E-state index in [1.165, 1.54) is 0 Å². The Hall–Kier alpha value is -1.65. The average molecular weight is 307 g/mol. The molecule has 1 aliphatic rings. The van der Waals surface area contributed by atoms with Gasteiger partial charge in [0.05, 0.1) is 5.56 Å². The highest BCUT2D eigenvalue weighted by atomic mass is 35.5. The number of aryl methyl sites for hydroxylation is 1. The zero-order valence-corrected chi connectivity index (χ0v) is 13.0. The van der Waals surface area contributed by atoms with Gasteiger partial charge in [0.1, 0.15) is 11.5 Å². The summed E-state index contributed by atoms with van der Waals surface area (Å²) in [7, 11) is 3.99. The van der Waals surface area contributed by atoms with Crippen molar-refractivity contribution >= 4 is 18.2 Å². The first-order valence-electron chi connectivity index (χ1n) is 6.89. The zero-order valence-electron chi connectivity index (χ0n) is 12.2. The van der Waals surface area contributed by atoms with E-state index in [-0.39, 0.29) is 24.1 Å². The first-order valence-corrected chi connectivity index (χ1v) is 6.89. The van der Waals surface area contributed by atoms with Crippen molar-refractivity contribution in [2.75, 3.05) is 20.6 Å². The summed E-state index contributed by atoms with van der Waals surface area (Å²) in [5.74, 6) is 0.947. The highest BCUT2D eigenvalue weighted by Gasteiger charge is 2.34. The second-order valence-corrected chi connectivity index (χ2v) is 5.56. The first-order chi connectivity index (χ1) is 9.66. The number of halogens is 1. The Balaban J connectivity index is 0.00000161. The van der Waals surface area contributed by atoms with Crippen molar-refractivity contribution in [3.05, 3.63) is 41.7 Å². The van der Waals surface area contributed by atoms with Crippen LogP contribution in [0.25, 0.3) is 11.3 Å². The van der Waals surface area contributed by atoms with Gasteiger partial charge in [0, 0.05) is 24.4 Å². The van der Waals surface area contributed by atoms with Crippen LogP contribution in [-0.2, 0) is 6.42 Å². The standard InChI is InChI=1S/C16H18N2O2.ClH/c1-18(2)10-12-8-9-13-14(16(12)19)15(17-20-13)11-6-4-3-5-7-11;/h3-7,12H,8-10H2,1-2H3;1H. The van der Waals surface area contributed by atoms with Crippen LogP contribution in [0, 0.1) is 5.92 Å². The molecular formula is C16H19ClN2O2. The van der Waals surface area contributed by atoms with Gasteiger partial charge in [-0.2, -0.15) is 0 Å². The lowest BCUT2D eigenvalue weighted by Gasteiger charge is -2.23. The smallest absolute Gasteiger partial charge is 0.173 e. The quantitative estimate of drug-likeness (QED) is 0.874. The lowest BCUT2D eigenvalue weighted by atomic mass is 9.84. The van der Waals surface area contributed by atoms with Gasteiger partial charge in [-0.1, -0.05) is 35.5 Å². The van der Waals surface area contributed by atoms with Crippen molar-refractivity contribution in [1.82, 2.24) is 10.1 Å². The zero-order chi connectivity index (χ0) is 14.1. The van der Waals surface area contributed by atoms with Crippen molar-refractivity contribution in [3.63, 3.8) is 0 Å². The third kappa shape index (κ3) is 3.01. The van der Waals surface area contributed by atoms with Gasteiger partial charge in [0.15, 0.2) is 5.78 Å². The fraction of sp³-hybridized carbons (Fsp3) is 0.375. The van der Waals surface area contributed by atoms with Crippen molar-refractivity contribution in [2.24, 2.45) is 5.92 Å². The Kier molecular flexibility index (Phi) is 4.80. The molecule has 0 spiro atoms. The molecule has 1 heterocycles. The predicted molar refractivity (Wildman–Crippen MR) is 83.9 cm³/mol. The van der Waals surface area contributed by atoms with Crippen molar-refractivity contribution in [2.45, 2.75) is 12.8 Å². The van der Waals surface area contributed by atoms with Gasteiger partial charge < -0.3 is 9.42 Å². The van der Waals surface area contributed by atoms with Gasteiger partial charge in [-0.25, -0.2) is 0 Å². The number of fused-ring (bicyclic) bond motifs is 1. The molecule has 1 unspecified atom stereocenters. The maximum atomic E-state index is 12.7. The van der Waals surface area contributed by atoms with Crippen LogP contribution in [0.15, 0.2) is 34.9 Å². The lowest BCUT2D eigenvalue weighted by Crippen LogP contribution is -2.31. The van der Waals surface area contributed by atoms with Crippen LogP contribution in [0.3, 0.4) is 0 Å². The molecule has 21 heavy (non-hydrogen) atoms. The molecule has 112 valence electrons. The number of ketones is 1. The molecule has 0 radical (unpaired) electrons. The van der Waals surface area contributed by atoms with E-state index in [0.29, 0.717) is 11.3 Å². The minimum absolute atomic E-state index is 0. The van der Waals surface area contributed by atoms with Gasteiger partial charge in [-0.15, -0.1) is 12.4 Å². The van der Waals surface area contributed by atoms with Crippen molar-refractivity contribution in [1.29, 1.82) is 0 Å². The fourth-order valence-electron chi connectivity index (χ4n) is 2.80. The SMILES string of the molecule is CN(C)CC1CCc2onc(-c3ccccc3)c2C1=O.Cl. The van der Waals surface area contributed by atoms with Crippen LogP contribution >= 0.6 is 12.4 Å². The van der Waals surface area contributed by atoms with E-state index in [0.717, 1.165) is 30.7 Å². The average Bonchev–Trinajstić information content (AvgIpc) is 2.87. The summed E-state index contributed by atoms with van der Waals surface area (Å²) < 4.78 is 5.38. The predicted octanol–water partition coefficient (Wildman–Crippen LogP) is 3.07. The molecule has 2 aromatic rings. The van der Waals surface area contributed by atoms with E-state index in [4.69, 9.17) is 4.52 Å². The molecule has 1 aromatic heterocycles. The Bertz CT molecular complexity index is 622. The summed E-state index contributed by atoms with van der Waals surface area (Å²) in [5, 5.41) is 4.12. The number of rotatable bonds is 3. The van der Waals surface area contributed by atoms with Crippen LogP contribution in [0.4, 0.5) is 0 Å². The lowest BCUT2D eigenvalue weighted by molar-refractivity contribution is 0.0872. The molecule has 0 amide bonds. The molecule has 0 saturated carbocycles. The molecule has 3 rings (SSSR count). The van der Waals surface area contributed by atoms with E-state index in [9.17, 15) is 4.79 Å². The monoisotopic (exact) mass is 306 g/mol. The van der Waals surface area contributed by atoms with Gasteiger partial charge >= 0.3 is 0 Å². The van der Waals surface area contributed by atoms with Gasteiger partial charge in [0.25, 0.3) is 0 Å². The van der Waals surface area contributed by atoms with Crippen LogP contribution in [-0.4, -0.2) is 36.5 Å². The van der Waals surface area contributed by atoms with E-state index >= 15 is 0 Å². The number of Topliss-reactive ketones (excluding diaryl/α,β-unsaturated/α-hetero) is 1. The van der Waals surface area contributed by atoms with E-state index in [1.807, 2.05) is 44.4 Å². The minimum atomic E-state index is 0. The number of aromatic nitrogens is 1. The highest BCUT2D eigenvalue weighted by molar-refractivity contribution is 6.04. The van der Waals surface area contributed by atoms with Crippen molar-refractivity contribution in [3.8, 4) is 11.3 Å². The number of hydrogen-bond acceptors (Lipinski definition) is 4. The summed E-state index contributed by atoms with van der Waals surface area (Å²) in [6.45, 7) is 0.775. The number of carbonyl (C=O) groups excluding carboxylic acids is 1. The normalized spacial score (nSPS) is 17.5. The summed E-state index contributed by atoms with van der Waals surface area (Å²) in [6, 6.07) is 9.76. The second-order valence-electron chi connectivity index (χ2n) is 5.56. The Morgan fingerprint density at radius 1 is 1.29 bits per heavy atom.